The molecule has 0 saturated heterocycles. The van der Waals surface area contributed by atoms with Gasteiger partial charge in [0.05, 0.1) is 0 Å². The molecule has 0 bridgehead atoms. The van der Waals surface area contributed by atoms with Crippen LogP contribution in [0, 0.1) is 5.82 Å². The summed E-state index contributed by atoms with van der Waals surface area (Å²) in [4.78, 5) is 0. The summed E-state index contributed by atoms with van der Waals surface area (Å²) in [5, 5.41) is 15.1. The lowest BCUT2D eigenvalue weighted by Gasteiger charge is -2.24. The molecule has 1 N–H and O–H groups in total. The molecule has 24 heavy (non-hydrogen) atoms. The highest BCUT2D eigenvalue weighted by Crippen LogP contribution is 2.36. The van der Waals surface area contributed by atoms with Crippen molar-refractivity contribution in [1.82, 2.24) is 20.2 Å². The Balaban J connectivity index is 1.89. The van der Waals surface area contributed by atoms with E-state index in [4.69, 9.17) is 11.6 Å². The van der Waals surface area contributed by atoms with Gasteiger partial charge in [-0.05, 0) is 46.3 Å². The maximum Gasteiger partial charge on any atom is 0.248 e. The number of fused-ring (bicyclic) bond motifs is 1. The number of allylic oxidation sites excluding steroid dienone is 1. The van der Waals surface area contributed by atoms with Gasteiger partial charge in [0, 0.05) is 20.8 Å². The number of nitrogens with zero attached hydrogens (tertiary/aromatic N) is 4. The molecule has 2 heterocycles. The smallest absolute Gasteiger partial charge is 0.248 e. The Bertz CT molecular complexity index is 935. The minimum atomic E-state index is -0.543. The minimum Gasteiger partial charge on any atom is -0.323 e. The lowest BCUT2D eigenvalue weighted by molar-refractivity contribution is 0.540. The summed E-state index contributed by atoms with van der Waals surface area (Å²) >= 11 is 9.69. The molecule has 2 aromatic carbocycles. The molecule has 0 radical (unpaired) electrons. The number of hydrogen-bond donors (Lipinski definition) is 1. The summed E-state index contributed by atoms with van der Waals surface area (Å²) in [5.74, 6) is 0.0255. The zero-order valence-corrected chi connectivity index (χ0v) is 14.5. The molecule has 0 unspecified atom stereocenters. The molecule has 0 saturated carbocycles. The zero-order valence-electron chi connectivity index (χ0n) is 12.1. The summed E-state index contributed by atoms with van der Waals surface area (Å²) in [5.41, 5.74) is 2.04. The lowest BCUT2D eigenvalue weighted by Crippen LogP contribution is -2.21. The standard InChI is InChI=1S/C16H10BrClFN5/c17-10-4-1-3-9(7-10)13-8-14(24-16(20-13)21-22-23-24)15-11(18)5-2-6-12(15)19/h1-8,14H,(H,20,21,23)/t14-/m0/s1. The first-order valence-corrected chi connectivity index (χ1v) is 8.27. The van der Waals surface area contributed by atoms with Crippen molar-refractivity contribution in [2.75, 3.05) is 5.32 Å². The van der Waals surface area contributed by atoms with Crippen LogP contribution in [-0.4, -0.2) is 20.2 Å². The fourth-order valence-electron chi connectivity index (χ4n) is 2.68. The van der Waals surface area contributed by atoms with Gasteiger partial charge in [0.1, 0.15) is 11.9 Å². The van der Waals surface area contributed by atoms with Crippen molar-refractivity contribution >= 4 is 39.2 Å². The third-order valence-electron chi connectivity index (χ3n) is 3.76. The monoisotopic (exact) mass is 405 g/mol. The number of rotatable bonds is 2. The SMILES string of the molecule is Fc1cccc(Cl)c1[C@@H]1C=C(c2cccc(Br)c2)Nc2nnnn21. The maximum absolute atomic E-state index is 14.4. The van der Waals surface area contributed by atoms with E-state index in [0.29, 0.717) is 16.5 Å². The van der Waals surface area contributed by atoms with Crippen LogP contribution in [0.3, 0.4) is 0 Å². The van der Waals surface area contributed by atoms with Crippen LogP contribution in [0.1, 0.15) is 17.2 Å². The predicted octanol–water partition coefficient (Wildman–Crippen LogP) is 4.28. The van der Waals surface area contributed by atoms with Crippen molar-refractivity contribution in [3.8, 4) is 0 Å². The number of tetrazole rings is 1. The molecule has 0 amide bonds. The largest absolute Gasteiger partial charge is 0.323 e. The van der Waals surface area contributed by atoms with Crippen molar-refractivity contribution < 1.29 is 4.39 Å². The van der Waals surface area contributed by atoms with Crippen molar-refractivity contribution in [3.63, 3.8) is 0 Å². The minimum absolute atomic E-state index is 0.327. The summed E-state index contributed by atoms with van der Waals surface area (Å²) in [6, 6.07) is 11.8. The van der Waals surface area contributed by atoms with Gasteiger partial charge >= 0.3 is 0 Å². The molecule has 0 spiro atoms. The second kappa shape index (κ2) is 5.99. The molecule has 3 aromatic rings. The van der Waals surface area contributed by atoms with Crippen molar-refractivity contribution in [2.45, 2.75) is 6.04 Å². The van der Waals surface area contributed by atoms with Crippen LogP contribution in [0.4, 0.5) is 10.3 Å². The van der Waals surface area contributed by atoms with Crippen molar-refractivity contribution in [3.05, 3.63) is 75.0 Å². The highest BCUT2D eigenvalue weighted by atomic mass is 79.9. The second-order valence-electron chi connectivity index (χ2n) is 5.24. The van der Waals surface area contributed by atoms with Gasteiger partial charge in [-0.25, -0.2) is 4.39 Å². The van der Waals surface area contributed by atoms with Crippen molar-refractivity contribution in [1.29, 1.82) is 0 Å². The van der Waals surface area contributed by atoms with E-state index in [1.807, 2.05) is 30.3 Å². The number of aromatic nitrogens is 4. The molecule has 0 aliphatic carbocycles. The number of hydrogen-bond acceptors (Lipinski definition) is 4. The maximum atomic E-state index is 14.4. The van der Waals surface area contributed by atoms with E-state index in [2.05, 4.69) is 36.8 Å². The highest BCUT2D eigenvalue weighted by molar-refractivity contribution is 9.10. The molecule has 1 aromatic heterocycles. The topological polar surface area (TPSA) is 55.6 Å². The molecular formula is C16H10BrClFN5. The first-order chi connectivity index (χ1) is 11.6. The number of nitrogens with one attached hydrogen (secondary N) is 1. The van der Waals surface area contributed by atoms with Crippen LogP contribution in [0.2, 0.25) is 5.02 Å². The Morgan fingerprint density at radius 1 is 1.21 bits per heavy atom. The molecule has 0 fully saturated rings. The Morgan fingerprint density at radius 2 is 2.04 bits per heavy atom. The van der Waals surface area contributed by atoms with Gasteiger partial charge in [0.2, 0.25) is 5.95 Å². The first kappa shape index (κ1) is 15.3. The average molecular weight is 407 g/mol. The normalized spacial score (nSPS) is 16.3. The van der Waals surface area contributed by atoms with Crippen LogP contribution < -0.4 is 5.32 Å². The Kier molecular flexibility index (Phi) is 3.82. The summed E-state index contributed by atoms with van der Waals surface area (Å²) in [7, 11) is 0. The highest BCUT2D eigenvalue weighted by Gasteiger charge is 2.28. The van der Waals surface area contributed by atoms with Crippen LogP contribution in [0.25, 0.3) is 5.70 Å². The third kappa shape index (κ3) is 2.59. The molecular weight excluding hydrogens is 397 g/mol. The summed E-state index contributed by atoms with van der Waals surface area (Å²) in [6.45, 7) is 0. The number of anilines is 1. The quantitative estimate of drug-likeness (QED) is 0.690. The molecule has 120 valence electrons. The molecule has 4 rings (SSSR count). The van der Waals surface area contributed by atoms with E-state index in [0.717, 1.165) is 15.7 Å². The Labute approximate surface area is 150 Å². The summed E-state index contributed by atoms with van der Waals surface area (Å²) in [6.07, 6.45) is 1.86. The average Bonchev–Trinajstić information content (AvgIpc) is 3.03. The van der Waals surface area contributed by atoms with Gasteiger partial charge in [-0.3, -0.25) is 0 Å². The van der Waals surface area contributed by atoms with Crippen LogP contribution in [0.5, 0.6) is 0 Å². The van der Waals surface area contributed by atoms with Gasteiger partial charge in [0.15, 0.2) is 0 Å². The Hall–Kier alpha value is -2.25. The van der Waals surface area contributed by atoms with Gasteiger partial charge in [0.25, 0.3) is 0 Å². The first-order valence-electron chi connectivity index (χ1n) is 7.10. The van der Waals surface area contributed by atoms with Crippen LogP contribution in [0.15, 0.2) is 53.0 Å². The van der Waals surface area contributed by atoms with Gasteiger partial charge < -0.3 is 5.32 Å². The van der Waals surface area contributed by atoms with Gasteiger partial charge in [-0.1, -0.05) is 50.8 Å². The van der Waals surface area contributed by atoms with Crippen molar-refractivity contribution in [2.24, 2.45) is 0 Å². The van der Waals surface area contributed by atoms with E-state index in [9.17, 15) is 4.39 Å². The lowest BCUT2D eigenvalue weighted by atomic mass is 10.0. The zero-order chi connectivity index (χ0) is 16.7. The fourth-order valence-corrected chi connectivity index (χ4v) is 3.35. The van der Waals surface area contributed by atoms with E-state index in [1.165, 1.54) is 10.7 Å². The van der Waals surface area contributed by atoms with Crippen LogP contribution >= 0.6 is 27.5 Å². The third-order valence-corrected chi connectivity index (χ3v) is 4.58. The number of benzene rings is 2. The molecule has 8 heteroatoms. The molecule has 1 aliphatic heterocycles. The van der Waals surface area contributed by atoms with Gasteiger partial charge in [-0.15, -0.1) is 0 Å². The Morgan fingerprint density at radius 3 is 2.83 bits per heavy atom. The molecule has 1 aliphatic rings. The predicted molar refractivity (Wildman–Crippen MR) is 93.1 cm³/mol. The fraction of sp³-hybridized carbons (Fsp3) is 0.0625. The van der Waals surface area contributed by atoms with E-state index in [-0.39, 0.29) is 0 Å². The van der Waals surface area contributed by atoms with Gasteiger partial charge in [-0.2, -0.15) is 4.68 Å². The second-order valence-corrected chi connectivity index (χ2v) is 6.57. The van der Waals surface area contributed by atoms with E-state index >= 15 is 0 Å². The van der Waals surface area contributed by atoms with E-state index in [1.54, 1.807) is 12.1 Å². The van der Waals surface area contributed by atoms with E-state index < -0.39 is 11.9 Å². The molecule has 1 atom stereocenters. The number of halogens is 3. The summed E-state index contributed by atoms with van der Waals surface area (Å²) < 4.78 is 16.8. The van der Waals surface area contributed by atoms with Crippen LogP contribution in [-0.2, 0) is 0 Å². The molecule has 5 nitrogen and oxygen atoms in total.